The van der Waals surface area contributed by atoms with Crippen LogP contribution in [0.1, 0.15) is 55.4 Å². The quantitative estimate of drug-likeness (QED) is 0.442. The Hall–Kier alpha value is -1.37. The van der Waals surface area contributed by atoms with E-state index in [1.807, 2.05) is 13.1 Å². The predicted molar refractivity (Wildman–Crippen MR) is 88.6 cm³/mol. The van der Waals surface area contributed by atoms with Gasteiger partial charge in [0.05, 0.1) is 0 Å². The summed E-state index contributed by atoms with van der Waals surface area (Å²) in [4.78, 5) is 4.36. The number of hydrogen-bond acceptors (Lipinski definition) is 1. The molecule has 0 N–H and O–H groups in total. The Morgan fingerprint density at radius 3 is 1.68 bits per heavy atom. The van der Waals surface area contributed by atoms with Crippen LogP contribution in [0.15, 0.2) is 51.7 Å². The van der Waals surface area contributed by atoms with Crippen molar-refractivity contribution in [1.82, 2.24) is 0 Å². The fourth-order valence-corrected chi connectivity index (χ4v) is 1.77. The van der Waals surface area contributed by atoms with Crippen molar-refractivity contribution in [3.05, 3.63) is 46.7 Å². The normalized spacial score (nSPS) is 13.3. The van der Waals surface area contributed by atoms with Gasteiger partial charge in [-0.1, -0.05) is 39.5 Å². The molecule has 0 heterocycles. The molecule has 0 atom stereocenters. The van der Waals surface area contributed by atoms with Gasteiger partial charge in [-0.15, -0.1) is 0 Å². The third-order valence-corrected chi connectivity index (χ3v) is 3.28. The first-order chi connectivity index (χ1) is 8.48. The minimum absolute atomic E-state index is 0.0356. The summed E-state index contributed by atoms with van der Waals surface area (Å²) in [5, 5.41) is 0. The molecule has 1 heteroatoms. The number of hydrogen-bond donors (Lipinski definition) is 0. The van der Waals surface area contributed by atoms with Crippen molar-refractivity contribution in [3.63, 3.8) is 0 Å². The van der Waals surface area contributed by atoms with Gasteiger partial charge in [-0.05, 0) is 62.3 Å². The third-order valence-electron chi connectivity index (χ3n) is 3.28. The van der Waals surface area contributed by atoms with E-state index in [0.717, 1.165) is 11.3 Å². The first-order valence-electron chi connectivity index (χ1n) is 6.73. The maximum Gasteiger partial charge on any atom is 0.0311 e. The lowest BCUT2D eigenvalue weighted by Crippen LogP contribution is -2.14. The monoisotopic (exact) mass is 259 g/mol. The molecule has 0 fully saturated rings. The van der Waals surface area contributed by atoms with Gasteiger partial charge in [-0.2, -0.15) is 0 Å². The average molecular weight is 259 g/mol. The van der Waals surface area contributed by atoms with Crippen molar-refractivity contribution in [3.8, 4) is 0 Å². The molecule has 1 nitrogen and oxygen atoms in total. The number of rotatable bonds is 4. The molecule has 0 radical (unpaired) electrons. The topological polar surface area (TPSA) is 12.4 Å². The van der Waals surface area contributed by atoms with Crippen molar-refractivity contribution in [1.29, 1.82) is 0 Å². The molecule has 106 valence electrons. The molecular formula is C18H29N. The molecule has 0 saturated heterocycles. The molecule has 0 saturated carbocycles. The first-order valence-corrected chi connectivity index (χ1v) is 6.73. The van der Waals surface area contributed by atoms with Crippen LogP contribution in [0.5, 0.6) is 0 Å². The molecule has 0 amide bonds. The zero-order chi connectivity index (χ0) is 15.4. The number of nitrogens with zero attached hydrogens (tertiary/aromatic N) is 1. The van der Waals surface area contributed by atoms with Crippen molar-refractivity contribution >= 4 is 6.21 Å². The lowest BCUT2D eigenvalue weighted by Gasteiger charge is -2.24. The second-order valence-electron chi connectivity index (χ2n) is 6.39. The lowest BCUT2D eigenvalue weighted by atomic mass is 9.81. The zero-order valence-corrected chi connectivity index (χ0v) is 13.9. The molecule has 0 aliphatic heterocycles. The van der Waals surface area contributed by atoms with Crippen LogP contribution in [0.2, 0.25) is 0 Å². The van der Waals surface area contributed by atoms with Crippen molar-refractivity contribution in [2.45, 2.75) is 55.4 Å². The maximum atomic E-state index is 4.36. The van der Waals surface area contributed by atoms with Crippen LogP contribution in [0, 0.1) is 5.41 Å². The van der Waals surface area contributed by atoms with Crippen LogP contribution in [0.25, 0.3) is 0 Å². The van der Waals surface area contributed by atoms with Crippen LogP contribution in [0.4, 0.5) is 0 Å². The Kier molecular flexibility index (Phi) is 6.21. The SMILES string of the molecule is C=C(C)/N=C\C(=C(/C)C(=C)C(C)=C(C)C)C(C)(C)C. The highest BCUT2D eigenvalue weighted by molar-refractivity contribution is 5.83. The van der Waals surface area contributed by atoms with Crippen LogP contribution in [-0.4, -0.2) is 6.21 Å². The number of aliphatic imine (C=N–C) groups is 1. The molecular weight excluding hydrogens is 230 g/mol. The summed E-state index contributed by atoms with van der Waals surface area (Å²) in [7, 11) is 0. The van der Waals surface area contributed by atoms with E-state index in [-0.39, 0.29) is 5.41 Å². The predicted octanol–water partition coefficient (Wildman–Crippen LogP) is 5.87. The Bertz CT molecular complexity index is 458. The summed E-state index contributed by atoms with van der Waals surface area (Å²) in [6, 6.07) is 0. The standard InChI is InChI=1S/C18H29N/c1-12(2)14(5)15(6)16(7)17(18(8,9)10)11-19-13(3)4/h11H,3,6H2,1-2,4-5,7-10H3/b17-16-,19-11-. The van der Waals surface area contributed by atoms with E-state index in [1.165, 1.54) is 22.3 Å². The van der Waals surface area contributed by atoms with Gasteiger partial charge in [-0.25, -0.2) is 0 Å². The second-order valence-corrected chi connectivity index (χ2v) is 6.39. The summed E-state index contributed by atoms with van der Waals surface area (Å²) in [6.45, 7) is 25.0. The largest absolute Gasteiger partial charge is 0.262 e. The minimum atomic E-state index is 0.0356. The van der Waals surface area contributed by atoms with Gasteiger partial charge in [0.2, 0.25) is 0 Å². The van der Waals surface area contributed by atoms with Crippen LogP contribution in [0.3, 0.4) is 0 Å². The fraction of sp³-hybridized carbons (Fsp3) is 0.500. The van der Waals surface area contributed by atoms with Crippen molar-refractivity contribution in [2.75, 3.05) is 0 Å². The number of allylic oxidation sites excluding steroid dienone is 6. The molecule has 0 aliphatic rings. The highest BCUT2D eigenvalue weighted by Crippen LogP contribution is 2.32. The fourth-order valence-electron chi connectivity index (χ4n) is 1.77. The highest BCUT2D eigenvalue weighted by atomic mass is 14.7. The summed E-state index contributed by atoms with van der Waals surface area (Å²) in [5.41, 5.74) is 6.92. The van der Waals surface area contributed by atoms with E-state index in [0.29, 0.717) is 0 Å². The smallest absolute Gasteiger partial charge is 0.0311 e. The Labute approximate surface area is 119 Å². The molecule has 0 unspecified atom stereocenters. The summed E-state index contributed by atoms with van der Waals surface area (Å²) in [6.07, 6.45) is 1.93. The summed E-state index contributed by atoms with van der Waals surface area (Å²) >= 11 is 0. The molecule has 19 heavy (non-hydrogen) atoms. The van der Waals surface area contributed by atoms with Gasteiger partial charge >= 0.3 is 0 Å². The molecule has 0 aromatic rings. The second kappa shape index (κ2) is 6.70. The Balaban J connectivity index is 5.83. The molecule has 0 aromatic carbocycles. The van der Waals surface area contributed by atoms with E-state index in [1.54, 1.807) is 0 Å². The highest BCUT2D eigenvalue weighted by Gasteiger charge is 2.19. The lowest BCUT2D eigenvalue weighted by molar-refractivity contribution is 0.522. The zero-order valence-electron chi connectivity index (χ0n) is 13.9. The van der Waals surface area contributed by atoms with E-state index >= 15 is 0 Å². The van der Waals surface area contributed by atoms with Gasteiger partial charge in [-0.3, -0.25) is 4.99 Å². The molecule has 0 spiro atoms. The first kappa shape index (κ1) is 17.6. The summed E-state index contributed by atoms with van der Waals surface area (Å²) in [5.74, 6) is 0. The maximum absolute atomic E-state index is 4.36. The molecule has 0 bridgehead atoms. The third kappa shape index (κ3) is 5.42. The van der Waals surface area contributed by atoms with Crippen LogP contribution in [-0.2, 0) is 0 Å². The van der Waals surface area contributed by atoms with E-state index in [9.17, 15) is 0 Å². The Morgan fingerprint density at radius 1 is 0.895 bits per heavy atom. The molecule has 0 aliphatic carbocycles. The van der Waals surface area contributed by atoms with Crippen LogP contribution < -0.4 is 0 Å². The minimum Gasteiger partial charge on any atom is -0.262 e. The Morgan fingerprint density at radius 2 is 1.37 bits per heavy atom. The molecule has 0 rings (SSSR count). The van der Waals surface area contributed by atoms with E-state index in [4.69, 9.17) is 0 Å². The van der Waals surface area contributed by atoms with Gasteiger partial charge in [0.25, 0.3) is 0 Å². The molecule has 0 aromatic heterocycles. The van der Waals surface area contributed by atoms with Gasteiger partial charge in [0.1, 0.15) is 0 Å². The summed E-state index contributed by atoms with van der Waals surface area (Å²) < 4.78 is 0. The van der Waals surface area contributed by atoms with Gasteiger partial charge in [0.15, 0.2) is 0 Å². The van der Waals surface area contributed by atoms with E-state index in [2.05, 4.69) is 66.6 Å². The average Bonchev–Trinajstić information content (AvgIpc) is 2.24. The van der Waals surface area contributed by atoms with Gasteiger partial charge in [0, 0.05) is 11.9 Å². The van der Waals surface area contributed by atoms with Gasteiger partial charge < -0.3 is 0 Å². The van der Waals surface area contributed by atoms with Crippen molar-refractivity contribution in [2.24, 2.45) is 10.4 Å². The van der Waals surface area contributed by atoms with E-state index < -0.39 is 0 Å². The van der Waals surface area contributed by atoms with Crippen molar-refractivity contribution < 1.29 is 0 Å². The van der Waals surface area contributed by atoms with Crippen LogP contribution >= 0.6 is 0 Å².